The van der Waals surface area contributed by atoms with Gasteiger partial charge in [0.1, 0.15) is 5.75 Å². The maximum Gasteiger partial charge on any atom is 0.274 e. The summed E-state index contributed by atoms with van der Waals surface area (Å²) in [7, 11) is 8.41. The van der Waals surface area contributed by atoms with Crippen molar-refractivity contribution >= 4 is 23.2 Å². The van der Waals surface area contributed by atoms with Gasteiger partial charge in [0.15, 0.2) is 34.5 Å². The first-order valence-electron chi connectivity index (χ1n) is 18.3. The van der Waals surface area contributed by atoms with E-state index in [0.717, 1.165) is 53.6 Å². The zero-order valence-corrected chi connectivity index (χ0v) is 32.8. The number of aryl methyl sites for hydroxylation is 3. The van der Waals surface area contributed by atoms with E-state index in [-0.39, 0.29) is 5.91 Å². The highest BCUT2D eigenvalue weighted by molar-refractivity contribution is 6.34. The first-order chi connectivity index (χ1) is 26.8. The van der Waals surface area contributed by atoms with E-state index in [1.807, 2.05) is 61.4 Å². The second-order valence-corrected chi connectivity index (χ2v) is 14.0. The van der Waals surface area contributed by atoms with Gasteiger partial charge in [-0.15, -0.1) is 0 Å². The van der Waals surface area contributed by atoms with E-state index in [1.165, 1.54) is 5.56 Å². The predicted octanol–water partition coefficient (Wildman–Crippen LogP) is 8.75. The molecule has 4 aliphatic rings. The van der Waals surface area contributed by atoms with Gasteiger partial charge in [0.2, 0.25) is 5.75 Å². The fourth-order valence-electron chi connectivity index (χ4n) is 7.34. The third kappa shape index (κ3) is 7.62. The molecule has 0 aromatic heterocycles. The van der Waals surface area contributed by atoms with Gasteiger partial charge in [-0.1, -0.05) is 35.9 Å². The number of rotatable bonds is 8. The molecule has 11 heteroatoms. The summed E-state index contributed by atoms with van der Waals surface area (Å²) in [6.45, 7) is 3.55. The number of halogens is 1. The van der Waals surface area contributed by atoms with Gasteiger partial charge in [0.05, 0.1) is 44.7 Å². The number of nitrogens with zero attached hydrogens (tertiary/aromatic N) is 2. The molecule has 0 spiro atoms. The number of anilines is 1. The van der Waals surface area contributed by atoms with Crippen molar-refractivity contribution in [3.63, 3.8) is 0 Å². The maximum absolute atomic E-state index is 14.8. The largest absolute Gasteiger partial charge is 0.493 e. The van der Waals surface area contributed by atoms with Gasteiger partial charge in [-0.3, -0.25) is 4.79 Å². The van der Waals surface area contributed by atoms with Gasteiger partial charge in [-0.25, -0.2) is 10.0 Å². The zero-order chi connectivity index (χ0) is 38.6. The van der Waals surface area contributed by atoms with Gasteiger partial charge in [-0.05, 0) is 123 Å². The standard InChI is InChI=1S/C44H46ClN3O7/c1-27-21-39-38(51-4)25-36(27)48(44(49)33-9-7-8-10-35(33)45)47-20-18-31-24-41(52-5)43(53-6)42(34(31)26-47)55-40-23-29(30(17-19-46-2)22-37(40)50-3)14-11-28-12-15-32(54-39)16-13-28/h7-10,12-13,15-16,21-25,46H,11,14,17-20,26H2,1-6H3. The summed E-state index contributed by atoms with van der Waals surface area (Å²) < 4.78 is 37.2. The lowest BCUT2D eigenvalue weighted by Gasteiger charge is -2.39. The predicted molar refractivity (Wildman–Crippen MR) is 214 cm³/mol. The minimum absolute atomic E-state index is 0.294. The molecular formula is C44H46ClN3O7. The molecule has 0 saturated carbocycles. The highest BCUT2D eigenvalue weighted by Crippen LogP contribution is 2.49. The van der Waals surface area contributed by atoms with Crippen LogP contribution in [0.25, 0.3) is 0 Å². The highest BCUT2D eigenvalue weighted by Gasteiger charge is 2.34. The molecule has 9 rings (SSSR count). The maximum atomic E-state index is 14.8. The molecule has 0 radical (unpaired) electrons. The Bertz CT molecular complexity index is 2210. The number of hydrogen-bond donors (Lipinski definition) is 1. The normalized spacial score (nSPS) is 14.8. The fourth-order valence-corrected chi connectivity index (χ4v) is 7.56. The van der Waals surface area contributed by atoms with E-state index in [1.54, 1.807) is 45.6 Å². The van der Waals surface area contributed by atoms with Crippen LogP contribution in [-0.4, -0.2) is 59.5 Å². The summed E-state index contributed by atoms with van der Waals surface area (Å²) in [5.74, 6) is 4.02. The van der Waals surface area contributed by atoms with Crippen LogP contribution in [0.5, 0.6) is 46.0 Å². The molecule has 1 unspecified atom stereocenters. The van der Waals surface area contributed by atoms with Crippen molar-refractivity contribution < 1.29 is 33.2 Å². The summed E-state index contributed by atoms with van der Waals surface area (Å²) in [4.78, 5) is 14.8. The van der Waals surface area contributed by atoms with Crippen molar-refractivity contribution in [3.8, 4) is 46.0 Å². The van der Waals surface area contributed by atoms with Gasteiger partial charge in [0.25, 0.3) is 5.91 Å². The van der Waals surface area contributed by atoms with Crippen LogP contribution >= 0.6 is 11.6 Å². The van der Waals surface area contributed by atoms with E-state index in [0.29, 0.717) is 81.8 Å². The molecule has 1 atom stereocenters. The number of carbonyl (C=O) groups excluding carboxylic acids is 1. The van der Waals surface area contributed by atoms with Crippen molar-refractivity contribution in [3.05, 3.63) is 123 Å². The molecule has 4 heterocycles. The van der Waals surface area contributed by atoms with Crippen LogP contribution in [0.3, 0.4) is 0 Å². The number of ether oxygens (including phenoxy) is 6. The quantitative estimate of drug-likeness (QED) is 0.167. The first kappa shape index (κ1) is 37.9. The average molecular weight is 764 g/mol. The van der Waals surface area contributed by atoms with Crippen LogP contribution in [0, 0.1) is 6.92 Å². The molecule has 0 fully saturated rings. The minimum atomic E-state index is -0.294. The van der Waals surface area contributed by atoms with E-state index in [4.69, 9.17) is 40.0 Å². The number of methoxy groups -OCH3 is 4. The van der Waals surface area contributed by atoms with Crippen molar-refractivity contribution in [2.24, 2.45) is 0 Å². The van der Waals surface area contributed by atoms with E-state index in [9.17, 15) is 4.79 Å². The molecule has 0 aliphatic carbocycles. The topological polar surface area (TPSA) is 91.0 Å². The molecule has 4 aliphatic heterocycles. The van der Waals surface area contributed by atoms with Crippen molar-refractivity contribution in [2.45, 2.75) is 39.2 Å². The molecule has 8 bridgehead atoms. The van der Waals surface area contributed by atoms with Crippen LogP contribution < -0.4 is 38.7 Å². The number of carbonyl (C=O) groups is 1. The van der Waals surface area contributed by atoms with Crippen molar-refractivity contribution in [1.82, 2.24) is 10.3 Å². The summed E-state index contributed by atoms with van der Waals surface area (Å²) in [5, 5.41) is 7.32. The Hall–Kier alpha value is -5.42. The Morgan fingerprint density at radius 3 is 2.24 bits per heavy atom. The minimum Gasteiger partial charge on any atom is -0.493 e. The van der Waals surface area contributed by atoms with Gasteiger partial charge in [-0.2, -0.15) is 0 Å². The first-order valence-corrected chi connectivity index (χ1v) is 18.7. The van der Waals surface area contributed by atoms with Crippen LogP contribution in [-0.2, 0) is 32.2 Å². The van der Waals surface area contributed by atoms with Crippen molar-refractivity contribution in [2.75, 3.05) is 53.6 Å². The lowest BCUT2D eigenvalue weighted by atomic mass is 9.96. The Balaban J connectivity index is 1.46. The summed E-state index contributed by atoms with van der Waals surface area (Å²) >= 11 is 6.69. The Kier molecular flexibility index (Phi) is 11.4. The number of hydrogen-bond acceptors (Lipinski definition) is 9. The highest BCUT2D eigenvalue weighted by atomic mass is 35.5. The third-order valence-corrected chi connectivity index (χ3v) is 10.6. The number of benzene rings is 5. The van der Waals surface area contributed by atoms with E-state index >= 15 is 0 Å². The lowest BCUT2D eigenvalue weighted by Crippen LogP contribution is -2.49. The van der Waals surface area contributed by atoms with E-state index in [2.05, 4.69) is 29.6 Å². The van der Waals surface area contributed by atoms with Crippen LogP contribution in [0.1, 0.15) is 43.7 Å². The smallest absolute Gasteiger partial charge is 0.274 e. The number of likely N-dealkylation sites (N-methyl/N-ethyl adjacent to an activating group) is 1. The zero-order valence-electron chi connectivity index (χ0n) is 32.1. The molecule has 0 saturated heterocycles. The number of fused-ring (bicyclic) bond motifs is 2. The second kappa shape index (κ2) is 16.5. The van der Waals surface area contributed by atoms with Gasteiger partial charge >= 0.3 is 0 Å². The summed E-state index contributed by atoms with van der Waals surface area (Å²) in [6.07, 6.45) is 2.97. The Labute approximate surface area is 327 Å². The monoisotopic (exact) mass is 763 g/mol. The number of nitrogens with one attached hydrogen (secondary N) is 1. The molecular weight excluding hydrogens is 718 g/mol. The second-order valence-electron chi connectivity index (χ2n) is 13.6. The third-order valence-electron chi connectivity index (χ3n) is 10.3. The fraction of sp³-hybridized carbons (Fsp3) is 0.295. The SMILES string of the molecule is CNCCc1cc(OC)c2cc1CCc1ccc(cc1)Oc1cc(C)c(cc1OC)N(C(=O)c1ccccc1Cl)N1CCc3cc(OC)c(OC)c(c3C1)O2. The van der Waals surface area contributed by atoms with Crippen molar-refractivity contribution in [1.29, 1.82) is 0 Å². The lowest BCUT2D eigenvalue weighted by molar-refractivity contribution is 0.0878. The Morgan fingerprint density at radius 2 is 1.53 bits per heavy atom. The van der Waals surface area contributed by atoms with Gasteiger partial charge in [0, 0.05) is 24.7 Å². The molecule has 5 aromatic rings. The summed E-state index contributed by atoms with van der Waals surface area (Å²) in [6, 6.07) is 25.1. The van der Waals surface area contributed by atoms with Gasteiger partial charge < -0.3 is 33.7 Å². The van der Waals surface area contributed by atoms with Crippen LogP contribution in [0.2, 0.25) is 5.02 Å². The molecule has 55 heavy (non-hydrogen) atoms. The molecule has 286 valence electrons. The molecule has 10 nitrogen and oxygen atoms in total. The molecule has 1 amide bonds. The Morgan fingerprint density at radius 1 is 0.800 bits per heavy atom. The van der Waals surface area contributed by atoms with E-state index < -0.39 is 0 Å². The molecule has 1 N–H and O–H groups in total. The van der Waals surface area contributed by atoms with Crippen LogP contribution in [0.15, 0.2) is 78.9 Å². The number of amides is 1. The van der Waals surface area contributed by atoms with Crippen LogP contribution in [0.4, 0.5) is 5.69 Å². The summed E-state index contributed by atoms with van der Waals surface area (Å²) in [5.41, 5.74) is 7.13. The number of hydrazine groups is 1. The molecule has 5 aromatic carbocycles. The average Bonchev–Trinajstić information content (AvgIpc) is 3.20.